The van der Waals surface area contributed by atoms with Crippen LogP contribution >= 0.6 is 0 Å². The van der Waals surface area contributed by atoms with Crippen LogP contribution in [0, 0.1) is 11.8 Å². The van der Waals surface area contributed by atoms with Gasteiger partial charge in [-0.3, -0.25) is 0 Å². The van der Waals surface area contributed by atoms with Gasteiger partial charge in [-0.1, -0.05) is 26.0 Å². The maximum atomic E-state index is 6.04. The van der Waals surface area contributed by atoms with Crippen molar-refractivity contribution in [2.45, 2.75) is 57.5 Å². The lowest BCUT2D eigenvalue weighted by Crippen LogP contribution is -2.57. The van der Waals surface area contributed by atoms with E-state index in [4.69, 9.17) is 5.73 Å². The summed E-state index contributed by atoms with van der Waals surface area (Å²) >= 11 is 0. The molecule has 0 saturated heterocycles. The third kappa shape index (κ3) is 2.49. The quantitative estimate of drug-likeness (QED) is 0.720. The van der Waals surface area contributed by atoms with Crippen molar-refractivity contribution in [3.8, 4) is 0 Å². The highest BCUT2D eigenvalue weighted by molar-refractivity contribution is 5.03. The van der Waals surface area contributed by atoms with Gasteiger partial charge in [0.1, 0.15) is 0 Å². The summed E-state index contributed by atoms with van der Waals surface area (Å²) in [6.07, 6.45) is 10.8. The molecule has 92 valence electrons. The number of nitrogens with two attached hydrogens (primary N) is 1. The first-order valence-electron chi connectivity index (χ1n) is 6.78. The van der Waals surface area contributed by atoms with E-state index in [0.29, 0.717) is 6.04 Å². The van der Waals surface area contributed by atoms with Crippen molar-refractivity contribution >= 4 is 0 Å². The molecule has 3 N–H and O–H groups in total. The first kappa shape index (κ1) is 12.1. The predicted octanol–water partition coefficient (Wildman–Crippen LogP) is 2.45. The summed E-state index contributed by atoms with van der Waals surface area (Å²) in [5, 5.41) is 3.84. The zero-order valence-electron chi connectivity index (χ0n) is 10.7. The molecule has 0 aromatic carbocycles. The summed E-state index contributed by atoms with van der Waals surface area (Å²) in [4.78, 5) is 0. The van der Waals surface area contributed by atoms with E-state index < -0.39 is 0 Å². The minimum atomic E-state index is 0.225. The van der Waals surface area contributed by atoms with E-state index in [1.54, 1.807) is 0 Å². The molecule has 0 aromatic heterocycles. The fraction of sp³-hybridized carbons (Fsp3) is 0.857. The summed E-state index contributed by atoms with van der Waals surface area (Å²) in [5.74, 6) is 1.67. The molecule has 0 heterocycles. The van der Waals surface area contributed by atoms with Crippen LogP contribution in [0.5, 0.6) is 0 Å². The topological polar surface area (TPSA) is 38.0 Å². The molecule has 0 amide bonds. The molecule has 1 fully saturated rings. The van der Waals surface area contributed by atoms with Crippen molar-refractivity contribution in [1.82, 2.24) is 5.32 Å². The third-order valence-electron chi connectivity index (χ3n) is 4.67. The van der Waals surface area contributed by atoms with Gasteiger partial charge in [0, 0.05) is 18.1 Å². The van der Waals surface area contributed by atoms with E-state index in [1.165, 1.54) is 32.1 Å². The van der Waals surface area contributed by atoms with Crippen molar-refractivity contribution in [3.05, 3.63) is 12.2 Å². The van der Waals surface area contributed by atoms with Gasteiger partial charge in [-0.15, -0.1) is 0 Å². The van der Waals surface area contributed by atoms with Crippen molar-refractivity contribution in [2.75, 3.05) is 6.54 Å². The Morgan fingerprint density at radius 1 is 1.25 bits per heavy atom. The van der Waals surface area contributed by atoms with Crippen LogP contribution in [0.2, 0.25) is 0 Å². The third-order valence-corrected chi connectivity index (χ3v) is 4.67. The Labute approximate surface area is 99.7 Å². The van der Waals surface area contributed by atoms with Gasteiger partial charge in [-0.25, -0.2) is 0 Å². The Morgan fingerprint density at radius 3 is 2.50 bits per heavy atom. The van der Waals surface area contributed by atoms with Gasteiger partial charge >= 0.3 is 0 Å². The van der Waals surface area contributed by atoms with E-state index >= 15 is 0 Å². The average molecular weight is 222 g/mol. The largest absolute Gasteiger partial charge is 0.329 e. The second kappa shape index (κ2) is 4.89. The SMILES string of the molecule is CC1CCC(CN)(NC2CC=CC2)CC1C. The average Bonchev–Trinajstić information content (AvgIpc) is 2.76. The van der Waals surface area contributed by atoms with Crippen LogP contribution in [-0.2, 0) is 0 Å². The van der Waals surface area contributed by atoms with E-state index in [1.807, 2.05) is 0 Å². The first-order chi connectivity index (χ1) is 7.65. The fourth-order valence-corrected chi connectivity index (χ4v) is 3.25. The molecule has 0 bridgehead atoms. The Balaban J connectivity index is 1.96. The van der Waals surface area contributed by atoms with Crippen molar-refractivity contribution in [3.63, 3.8) is 0 Å². The maximum Gasteiger partial charge on any atom is 0.0309 e. The molecule has 16 heavy (non-hydrogen) atoms. The smallest absolute Gasteiger partial charge is 0.0309 e. The fourth-order valence-electron chi connectivity index (χ4n) is 3.25. The zero-order valence-corrected chi connectivity index (χ0v) is 10.7. The van der Waals surface area contributed by atoms with E-state index in [2.05, 4.69) is 31.3 Å². The second-order valence-electron chi connectivity index (χ2n) is 5.97. The Kier molecular flexibility index (Phi) is 3.70. The predicted molar refractivity (Wildman–Crippen MR) is 69.3 cm³/mol. The number of nitrogens with one attached hydrogen (secondary N) is 1. The van der Waals surface area contributed by atoms with Crippen LogP contribution in [0.1, 0.15) is 46.0 Å². The summed E-state index contributed by atoms with van der Waals surface area (Å²) in [7, 11) is 0. The van der Waals surface area contributed by atoms with Crippen molar-refractivity contribution in [1.29, 1.82) is 0 Å². The standard InChI is InChI=1S/C14H26N2/c1-11-7-8-14(10-15,9-12(11)2)16-13-5-3-4-6-13/h3-4,11-13,16H,5-10,15H2,1-2H3. The minimum absolute atomic E-state index is 0.225. The monoisotopic (exact) mass is 222 g/mol. The lowest BCUT2D eigenvalue weighted by molar-refractivity contribution is 0.135. The highest BCUT2D eigenvalue weighted by atomic mass is 15.0. The minimum Gasteiger partial charge on any atom is -0.329 e. The molecule has 3 unspecified atom stereocenters. The molecule has 2 rings (SSSR count). The van der Waals surface area contributed by atoms with Gasteiger partial charge in [-0.2, -0.15) is 0 Å². The van der Waals surface area contributed by atoms with Gasteiger partial charge in [0.15, 0.2) is 0 Å². The summed E-state index contributed by atoms with van der Waals surface area (Å²) < 4.78 is 0. The molecule has 0 aromatic rings. The van der Waals surface area contributed by atoms with E-state index in [-0.39, 0.29) is 5.54 Å². The van der Waals surface area contributed by atoms with Crippen LogP contribution < -0.4 is 11.1 Å². The van der Waals surface area contributed by atoms with E-state index in [9.17, 15) is 0 Å². The zero-order chi connectivity index (χ0) is 11.6. The van der Waals surface area contributed by atoms with Gasteiger partial charge in [0.05, 0.1) is 0 Å². The Hall–Kier alpha value is -0.340. The summed E-state index contributed by atoms with van der Waals surface area (Å²) in [5.41, 5.74) is 6.27. The van der Waals surface area contributed by atoms with Crippen LogP contribution in [-0.4, -0.2) is 18.1 Å². The molecule has 0 spiro atoms. The van der Waals surface area contributed by atoms with Gasteiger partial charge < -0.3 is 11.1 Å². The Morgan fingerprint density at radius 2 is 1.94 bits per heavy atom. The molecule has 0 aliphatic heterocycles. The van der Waals surface area contributed by atoms with Crippen molar-refractivity contribution < 1.29 is 0 Å². The lowest BCUT2D eigenvalue weighted by Gasteiger charge is -2.44. The molecule has 0 radical (unpaired) electrons. The number of rotatable bonds is 3. The Bertz CT molecular complexity index is 253. The molecular formula is C14H26N2. The molecule has 2 heteroatoms. The number of hydrogen-bond donors (Lipinski definition) is 2. The molecular weight excluding hydrogens is 196 g/mol. The summed E-state index contributed by atoms with van der Waals surface area (Å²) in [6.45, 7) is 5.55. The molecule has 2 aliphatic carbocycles. The van der Waals surface area contributed by atoms with Crippen LogP contribution in [0.15, 0.2) is 12.2 Å². The molecule has 3 atom stereocenters. The molecule has 2 aliphatic rings. The highest BCUT2D eigenvalue weighted by Crippen LogP contribution is 2.36. The molecule has 1 saturated carbocycles. The maximum absolute atomic E-state index is 6.04. The van der Waals surface area contributed by atoms with E-state index in [0.717, 1.165) is 18.4 Å². The highest BCUT2D eigenvalue weighted by Gasteiger charge is 2.37. The van der Waals surface area contributed by atoms with Gasteiger partial charge in [-0.05, 0) is 43.9 Å². The van der Waals surface area contributed by atoms with Crippen LogP contribution in [0.4, 0.5) is 0 Å². The van der Waals surface area contributed by atoms with Gasteiger partial charge in [0.2, 0.25) is 0 Å². The van der Waals surface area contributed by atoms with Gasteiger partial charge in [0.25, 0.3) is 0 Å². The van der Waals surface area contributed by atoms with Crippen LogP contribution in [0.25, 0.3) is 0 Å². The summed E-state index contributed by atoms with van der Waals surface area (Å²) in [6, 6.07) is 0.643. The lowest BCUT2D eigenvalue weighted by atomic mass is 9.71. The molecule has 2 nitrogen and oxygen atoms in total. The second-order valence-corrected chi connectivity index (χ2v) is 5.97. The van der Waals surface area contributed by atoms with Crippen LogP contribution in [0.3, 0.4) is 0 Å². The normalized spacial score (nSPS) is 40.4. The van der Waals surface area contributed by atoms with Crippen molar-refractivity contribution in [2.24, 2.45) is 17.6 Å². The number of hydrogen-bond acceptors (Lipinski definition) is 2. The first-order valence-corrected chi connectivity index (χ1v) is 6.78.